The van der Waals surface area contributed by atoms with Crippen molar-refractivity contribution in [1.29, 1.82) is 0 Å². The number of carbonyl (C=O) groups is 1. The van der Waals surface area contributed by atoms with Crippen LogP contribution in [0.1, 0.15) is 18.7 Å². The van der Waals surface area contributed by atoms with E-state index in [2.05, 4.69) is 22.9 Å². The molecule has 1 aliphatic heterocycles. The molecule has 1 saturated heterocycles. The molecule has 1 fully saturated rings. The fourth-order valence-electron chi connectivity index (χ4n) is 2.54. The highest BCUT2D eigenvalue weighted by atomic mass is 16.2. The molecule has 1 amide bonds. The van der Waals surface area contributed by atoms with Gasteiger partial charge in [-0.25, -0.2) is 0 Å². The van der Waals surface area contributed by atoms with Crippen molar-refractivity contribution in [2.45, 2.75) is 13.0 Å². The summed E-state index contributed by atoms with van der Waals surface area (Å²) in [6.45, 7) is 6.12. The first-order chi connectivity index (χ1) is 9.58. The third-order valence-electron chi connectivity index (χ3n) is 3.78. The minimum atomic E-state index is 0.222. The van der Waals surface area contributed by atoms with Crippen LogP contribution < -0.4 is 0 Å². The molecule has 110 valence electrons. The molecule has 5 heteroatoms. The third-order valence-corrected chi connectivity index (χ3v) is 3.78. The lowest BCUT2D eigenvalue weighted by Crippen LogP contribution is -2.51. The molecule has 5 nitrogen and oxygen atoms in total. The van der Waals surface area contributed by atoms with Gasteiger partial charge >= 0.3 is 0 Å². The van der Waals surface area contributed by atoms with Crippen molar-refractivity contribution in [3.63, 3.8) is 0 Å². The molecule has 0 aromatic carbocycles. The Bertz CT molecular complexity index is 427. The minimum absolute atomic E-state index is 0.222. The van der Waals surface area contributed by atoms with Crippen molar-refractivity contribution in [2.24, 2.45) is 0 Å². The van der Waals surface area contributed by atoms with Gasteiger partial charge in [-0.1, -0.05) is 6.07 Å². The van der Waals surface area contributed by atoms with E-state index in [-0.39, 0.29) is 5.91 Å². The average molecular weight is 276 g/mol. The van der Waals surface area contributed by atoms with E-state index in [0.717, 1.165) is 31.9 Å². The molecule has 0 saturated carbocycles. The van der Waals surface area contributed by atoms with Gasteiger partial charge in [0.1, 0.15) is 0 Å². The van der Waals surface area contributed by atoms with Crippen molar-refractivity contribution in [1.82, 2.24) is 19.7 Å². The fourth-order valence-corrected chi connectivity index (χ4v) is 2.54. The van der Waals surface area contributed by atoms with E-state index < -0.39 is 0 Å². The Hall–Kier alpha value is -1.46. The van der Waals surface area contributed by atoms with Crippen LogP contribution in [0.15, 0.2) is 24.4 Å². The molecule has 1 atom stereocenters. The Balaban J connectivity index is 1.87. The van der Waals surface area contributed by atoms with E-state index >= 15 is 0 Å². The average Bonchev–Trinajstić information content (AvgIpc) is 2.47. The van der Waals surface area contributed by atoms with Crippen LogP contribution in [0.25, 0.3) is 0 Å². The molecule has 1 aromatic heterocycles. The van der Waals surface area contributed by atoms with Crippen molar-refractivity contribution in [3.05, 3.63) is 30.1 Å². The van der Waals surface area contributed by atoms with Crippen LogP contribution in [0.2, 0.25) is 0 Å². The zero-order valence-corrected chi connectivity index (χ0v) is 12.6. The highest BCUT2D eigenvalue weighted by Gasteiger charge is 2.25. The van der Waals surface area contributed by atoms with E-state index in [1.54, 1.807) is 0 Å². The predicted molar refractivity (Wildman–Crippen MR) is 79.4 cm³/mol. The molecule has 1 aromatic rings. The number of aromatic nitrogens is 1. The van der Waals surface area contributed by atoms with Crippen molar-refractivity contribution in [2.75, 3.05) is 46.8 Å². The molecule has 0 bridgehead atoms. The number of hydrogen-bond donors (Lipinski definition) is 0. The van der Waals surface area contributed by atoms with Gasteiger partial charge in [-0.15, -0.1) is 0 Å². The first kappa shape index (κ1) is 14.9. The summed E-state index contributed by atoms with van der Waals surface area (Å²) >= 11 is 0. The smallest absolute Gasteiger partial charge is 0.236 e. The van der Waals surface area contributed by atoms with E-state index in [4.69, 9.17) is 0 Å². The Morgan fingerprint density at radius 3 is 2.55 bits per heavy atom. The second kappa shape index (κ2) is 6.81. The van der Waals surface area contributed by atoms with E-state index in [1.807, 2.05) is 42.2 Å². The summed E-state index contributed by atoms with van der Waals surface area (Å²) in [5.74, 6) is 0.222. The Labute approximate surface area is 121 Å². The molecule has 0 N–H and O–H groups in total. The summed E-state index contributed by atoms with van der Waals surface area (Å²) in [6.07, 6.45) is 1.84. The normalized spacial score (nSPS) is 18.3. The SMILES string of the molecule is CC(c1ccccn1)N1CCN(C(=O)CN(C)C)CC1. The molecule has 2 heterocycles. The van der Waals surface area contributed by atoms with Crippen LogP contribution in [-0.2, 0) is 4.79 Å². The molecule has 0 spiro atoms. The van der Waals surface area contributed by atoms with Crippen LogP contribution in [-0.4, -0.2) is 72.4 Å². The van der Waals surface area contributed by atoms with Gasteiger partial charge < -0.3 is 9.80 Å². The number of hydrogen-bond acceptors (Lipinski definition) is 4. The molecule has 0 aliphatic carbocycles. The minimum Gasteiger partial charge on any atom is -0.339 e. The largest absolute Gasteiger partial charge is 0.339 e. The fraction of sp³-hybridized carbons (Fsp3) is 0.600. The molecule has 1 unspecified atom stereocenters. The highest BCUT2D eigenvalue weighted by Crippen LogP contribution is 2.19. The van der Waals surface area contributed by atoms with Gasteiger partial charge in [0.25, 0.3) is 0 Å². The Morgan fingerprint density at radius 2 is 2.00 bits per heavy atom. The molecular formula is C15H24N4O. The van der Waals surface area contributed by atoms with E-state index in [1.165, 1.54) is 0 Å². The van der Waals surface area contributed by atoms with Gasteiger partial charge in [0.15, 0.2) is 0 Å². The number of rotatable bonds is 4. The quantitative estimate of drug-likeness (QED) is 0.817. The number of nitrogens with zero attached hydrogens (tertiary/aromatic N) is 4. The highest BCUT2D eigenvalue weighted by molar-refractivity contribution is 5.78. The lowest BCUT2D eigenvalue weighted by Gasteiger charge is -2.38. The molecule has 2 rings (SSSR count). The van der Waals surface area contributed by atoms with Gasteiger partial charge in [0, 0.05) is 38.4 Å². The maximum atomic E-state index is 12.0. The van der Waals surface area contributed by atoms with Crippen LogP contribution in [0.5, 0.6) is 0 Å². The van der Waals surface area contributed by atoms with Crippen LogP contribution in [0, 0.1) is 0 Å². The van der Waals surface area contributed by atoms with Crippen molar-refractivity contribution < 1.29 is 4.79 Å². The summed E-state index contributed by atoms with van der Waals surface area (Å²) in [5, 5.41) is 0. The first-order valence-corrected chi connectivity index (χ1v) is 7.15. The zero-order chi connectivity index (χ0) is 14.5. The molecule has 1 aliphatic rings. The lowest BCUT2D eigenvalue weighted by molar-refractivity contribution is -0.133. The van der Waals surface area contributed by atoms with Gasteiger partial charge in [-0.2, -0.15) is 0 Å². The summed E-state index contributed by atoms with van der Waals surface area (Å²) < 4.78 is 0. The summed E-state index contributed by atoms with van der Waals surface area (Å²) in [4.78, 5) is 22.7. The second-order valence-electron chi connectivity index (χ2n) is 5.59. The Morgan fingerprint density at radius 1 is 1.30 bits per heavy atom. The lowest BCUT2D eigenvalue weighted by atomic mass is 10.1. The van der Waals surface area contributed by atoms with Crippen LogP contribution in [0.3, 0.4) is 0 Å². The van der Waals surface area contributed by atoms with Crippen LogP contribution in [0.4, 0.5) is 0 Å². The number of likely N-dealkylation sites (N-methyl/N-ethyl adjacent to an activating group) is 1. The molecule has 0 radical (unpaired) electrons. The molecule has 20 heavy (non-hydrogen) atoms. The van der Waals surface area contributed by atoms with Crippen molar-refractivity contribution >= 4 is 5.91 Å². The van der Waals surface area contributed by atoms with Crippen LogP contribution >= 0.6 is 0 Å². The van der Waals surface area contributed by atoms with E-state index in [0.29, 0.717) is 12.6 Å². The number of piperazine rings is 1. The standard InChI is InChI=1S/C15H24N4O/c1-13(14-6-4-5-7-16-14)18-8-10-19(11-9-18)15(20)12-17(2)3/h4-7,13H,8-12H2,1-3H3. The maximum absolute atomic E-state index is 12.0. The Kier molecular flexibility index (Phi) is 5.09. The summed E-state index contributed by atoms with van der Waals surface area (Å²) in [7, 11) is 3.86. The first-order valence-electron chi connectivity index (χ1n) is 7.15. The third kappa shape index (κ3) is 3.77. The van der Waals surface area contributed by atoms with Gasteiger partial charge in [-0.3, -0.25) is 14.7 Å². The molecular weight excluding hydrogens is 252 g/mol. The number of carbonyl (C=O) groups excluding carboxylic acids is 1. The number of pyridine rings is 1. The second-order valence-corrected chi connectivity index (χ2v) is 5.59. The van der Waals surface area contributed by atoms with Gasteiger partial charge in [0.05, 0.1) is 12.2 Å². The summed E-state index contributed by atoms with van der Waals surface area (Å²) in [5.41, 5.74) is 1.10. The zero-order valence-electron chi connectivity index (χ0n) is 12.6. The van der Waals surface area contributed by atoms with Crippen molar-refractivity contribution in [3.8, 4) is 0 Å². The van der Waals surface area contributed by atoms with Gasteiger partial charge in [0.2, 0.25) is 5.91 Å². The maximum Gasteiger partial charge on any atom is 0.236 e. The topological polar surface area (TPSA) is 39.7 Å². The van der Waals surface area contributed by atoms with E-state index in [9.17, 15) is 4.79 Å². The summed E-state index contributed by atoms with van der Waals surface area (Å²) in [6, 6.07) is 6.33. The number of amides is 1. The monoisotopic (exact) mass is 276 g/mol. The van der Waals surface area contributed by atoms with Gasteiger partial charge in [-0.05, 0) is 33.2 Å². The predicted octanol–water partition coefficient (Wildman–Crippen LogP) is 0.848.